The van der Waals surface area contributed by atoms with Gasteiger partial charge in [-0.1, -0.05) is 39.8 Å². The smallest absolute Gasteiger partial charge is 0.119 e. The maximum Gasteiger partial charge on any atom is 0.119 e. The molecule has 26 heavy (non-hydrogen) atoms. The Balaban J connectivity index is 1.74. The lowest BCUT2D eigenvalue weighted by Gasteiger charge is -2.11. The van der Waals surface area contributed by atoms with Crippen molar-refractivity contribution in [2.45, 2.75) is 47.1 Å². The SMILES string of the molecule is CC(C)CCOc1ccc(CNc2ccc(OCCC(C)C)cc2)cc1. The third-order valence-electron chi connectivity index (χ3n) is 4.20. The van der Waals surface area contributed by atoms with Gasteiger partial charge in [-0.05, 0) is 66.6 Å². The zero-order valence-electron chi connectivity index (χ0n) is 16.6. The van der Waals surface area contributed by atoms with Crippen LogP contribution in [0.25, 0.3) is 0 Å². The van der Waals surface area contributed by atoms with Crippen LogP contribution in [-0.4, -0.2) is 13.2 Å². The van der Waals surface area contributed by atoms with Gasteiger partial charge in [-0.25, -0.2) is 0 Å². The lowest BCUT2D eigenvalue weighted by atomic mass is 10.1. The topological polar surface area (TPSA) is 30.5 Å². The van der Waals surface area contributed by atoms with Crippen molar-refractivity contribution in [1.82, 2.24) is 0 Å². The van der Waals surface area contributed by atoms with E-state index < -0.39 is 0 Å². The fourth-order valence-electron chi connectivity index (χ4n) is 2.40. The number of ether oxygens (including phenoxy) is 2. The van der Waals surface area contributed by atoms with Gasteiger partial charge in [-0.2, -0.15) is 0 Å². The molecular weight excluding hydrogens is 322 g/mol. The highest BCUT2D eigenvalue weighted by molar-refractivity contribution is 5.47. The van der Waals surface area contributed by atoms with Crippen LogP contribution in [0.2, 0.25) is 0 Å². The van der Waals surface area contributed by atoms with Gasteiger partial charge in [0.15, 0.2) is 0 Å². The third kappa shape index (κ3) is 7.81. The summed E-state index contributed by atoms with van der Waals surface area (Å²) in [6, 6.07) is 16.5. The second-order valence-corrected chi connectivity index (χ2v) is 7.58. The molecule has 0 amide bonds. The van der Waals surface area contributed by atoms with Crippen LogP contribution in [0, 0.1) is 11.8 Å². The Morgan fingerprint density at radius 2 is 1.15 bits per heavy atom. The highest BCUT2D eigenvalue weighted by atomic mass is 16.5. The zero-order valence-corrected chi connectivity index (χ0v) is 16.6. The summed E-state index contributed by atoms with van der Waals surface area (Å²) < 4.78 is 11.5. The molecular formula is C23H33NO2. The Bertz CT molecular complexity index is 560. The molecule has 0 fully saturated rings. The van der Waals surface area contributed by atoms with Crippen LogP contribution in [0.5, 0.6) is 11.5 Å². The molecule has 0 aliphatic carbocycles. The van der Waals surface area contributed by atoms with E-state index in [0.29, 0.717) is 11.8 Å². The van der Waals surface area contributed by atoms with Crippen molar-refractivity contribution in [3.8, 4) is 11.5 Å². The van der Waals surface area contributed by atoms with Crippen LogP contribution in [0.4, 0.5) is 5.69 Å². The molecule has 0 heterocycles. The molecule has 0 radical (unpaired) electrons. The van der Waals surface area contributed by atoms with Gasteiger partial charge in [0.2, 0.25) is 0 Å². The minimum Gasteiger partial charge on any atom is -0.494 e. The maximum atomic E-state index is 5.76. The first kappa shape index (κ1) is 20.2. The summed E-state index contributed by atoms with van der Waals surface area (Å²) in [6.45, 7) is 11.2. The summed E-state index contributed by atoms with van der Waals surface area (Å²) >= 11 is 0. The first-order chi connectivity index (χ1) is 12.5. The Hall–Kier alpha value is -2.16. The number of hydrogen-bond acceptors (Lipinski definition) is 3. The Labute approximate surface area is 158 Å². The second-order valence-electron chi connectivity index (χ2n) is 7.58. The predicted octanol–water partition coefficient (Wildman–Crippen LogP) is 6.15. The third-order valence-corrected chi connectivity index (χ3v) is 4.20. The van der Waals surface area contributed by atoms with Gasteiger partial charge in [0.05, 0.1) is 13.2 Å². The van der Waals surface area contributed by atoms with E-state index in [2.05, 4.69) is 57.3 Å². The van der Waals surface area contributed by atoms with E-state index in [1.807, 2.05) is 24.3 Å². The van der Waals surface area contributed by atoms with Gasteiger partial charge < -0.3 is 14.8 Å². The Morgan fingerprint density at radius 3 is 1.62 bits per heavy atom. The summed E-state index contributed by atoms with van der Waals surface area (Å²) in [6.07, 6.45) is 2.16. The highest BCUT2D eigenvalue weighted by Crippen LogP contribution is 2.18. The molecule has 0 aromatic heterocycles. The largest absolute Gasteiger partial charge is 0.494 e. The summed E-state index contributed by atoms with van der Waals surface area (Å²) in [5, 5.41) is 3.44. The molecule has 0 aliphatic heterocycles. The van der Waals surface area contributed by atoms with E-state index in [-0.39, 0.29) is 0 Å². The van der Waals surface area contributed by atoms with Gasteiger partial charge in [0.1, 0.15) is 11.5 Å². The molecule has 3 heteroatoms. The van der Waals surface area contributed by atoms with Gasteiger partial charge in [-0.3, -0.25) is 0 Å². The van der Waals surface area contributed by atoms with Gasteiger partial charge >= 0.3 is 0 Å². The van der Waals surface area contributed by atoms with Crippen molar-refractivity contribution >= 4 is 5.69 Å². The molecule has 0 saturated heterocycles. The van der Waals surface area contributed by atoms with Crippen LogP contribution in [-0.2, 0) is 6.54 Å². The first-order valence-corrected chi connectivity index (χ1v) is 9.71. The predicted molar refractivity (Wildman–Crippen MR) is 110 cm³/mol. The van der Waals surface area contributed by atoms with Crippen LogP contribution in [0.15, 0.2) is 48.5 Å². The molecule has 0 spiro atoms. The van der Waals surface area contributed by atoms with Gasteiger partial charge in [-0.15, -0.1) is 0 Å². The fourth-order valence-corrected chi connectivity index (χ4v) is 2.40. The van der Waals surface area contributed by atoms with Crippen LogP contribution >= 0.6 is 0 Å². The average Bonchev–Trinajstić information content (AvgIpc) is 2.61. The number of anilines is 1. The molecule has 0 aliphatic rings. The van der Waals surface area contributed by atoms with E-state index in [9.17, 15) is 0 Å². The minimum absolute atomic E-state index is 0.669. The van der Waals surface area contributed by atoms with Crippen LogP contribution < -0.4 is 14.8 Å². The highest BCUT2D eigenvalue weighted by Gasteiger charge is 2.00. The molecule has 1 N–H and O–H groups in total. The molecule has 3 nitrogen and oxygen atoms in total. The minimum atomic E-state index is 0.669. The lowest BCUT2D eigenvalue weighted by Crippen LogP contribution is -2.03. The molecule has 0 unspecified atom stereocenters. The molecule has 0 bridgehead atoms. The standard InChI is InChI=1S/C23H33NO2/c1-18(2)13-15-25-22-9-5-20(6-10-22)17-24-21-7-11-23(12-8-21)26-16-14-19(3)4/h5-12,18-19,24H,13-17H2,1-4H3. The van der Waals surface area contributed by atoms with Gasteiger partial charge in [0, 0.05) is 12.2 Å². The fraction of sp³-hybridized carbons (Fsp3) is 0.478. The second kappa shape index (κ2) is 10.7. The summed E-state index contributed by atoms with van der Waals surface area (Å²) in [7, 11) is 0. The quantitative estimate of drug-likeness (QED) is 0.524. The maximum absolute atomic E-state index is 5.76. The number of hydrogen-bond donors (Lipinski definition) is 1. The van der Waals surface area contributed by atoms with Crippen molar-refractivity contribution < 1.29 is 9.47 Å². The average molecular weight is 356 g/mol. The Morgan fingerprint density at radius 1 is 0.692 bits per heavy atom. The van der Waals surface area contributed by atoms with Gasteiger partial charge in [0.25, 0.3) is 0 Å². The van der Waals surface area contributed by atoms with Crippen molar-refractivity contribution in [2.75, 3.05) is 18.5 Å². The summed E-state index contributed by atoms with van der Waals surface area (Å²) in [5.74, 6) is 3.21. The van der Waals surface area contributed by atoms with E-state index >= 15 is 0 Å². The van der Waals surface area contributed by atoms with Crippen molar-refractivity contribution in [1.29, 1.82) is 0 Å². The molecule has 0 saturated carbocycles. The Kier molecular flexibility index (Phi) is 8.33. The normalized spacial score (nSPS) is 11.0. The molecule has 2 aromatic rings. The van der Waals surface area contributed by atoms with Crippen molar-refractivity contribution in [3.05, 3.63) is 54.1 Å². The van der Waals surface area contributed by atoms with E-state index in [1.165, 1.54) is 5.56 Å². The summed E-state index contributed by atoms with van der Waals surface area (Å²) in [5.41, 5.74) is 2.33. The first-order valence-electron chi connectivity index (χ1n) is 9.71. The van der Waals surface area contributed by atoms with E-state index in [4.69, 9.17) is 9.47 Å². The lowest BCUT2D eigenvalue weighted by molar-refractivity contribution is 0.289. The number of nitrogens with one attached hydrogen (secondary N) is 1. The number of rotatable bonds is 11. The molecule has 2 rings (SSSR count). The zero-order chi connectivity index (χ0) is 18.8. The molecule has 0 atom stereocenters. The van der Waals surface area contributed by atoms with Crippen LogP contribution in [0.3, 0.4) is 0 Å². The molecule has 2 aromatic carbocycles. The van der Waals surface area contributed by atoms with Crippen LogP contribution in [0.1, 0.15) is 46.1 Å². The summed E-state index contributed by atoms with van der Waals surface area (Å²) in [4.78, 5) is 0. The number of benzene rings is 2. The van der Waals surface area contributed by atoms with E-state index in [1.54, 1.807) is 0 Å². The van der Waals surface area contributed by atoms with E-state index in [0.717, 1.165) is 49.8 Å². The van der Waals surface area contributed by atoms with Crippen molar-refractivity contribution in [3.63, 3.8) is 0 Å². The molecule has 142 valence electrons. The van der Waals surface area contributed by atoms with Crippen molar-refractivity contribution in [2.24, 2.45) is 11.8 Å². The monoisotopic (exact) mass is 355 g/mol.